The molecule has 0 saturated carbocycles. The monoisotopic (exact) mass is 359 g/mol. The highest BCUT2D eigenvalue weighted by atomic mass is 16.5. The number of nitrogens with zero attached hydrogens (tertiary/aromatic N) is 2. The Hall–Kier alpha value is -2.59. The molecule has 3 heterocycles. The maximum Gasteiger partial charge on any atom is 0.122 e. The van der Waals surface area contributed by atoms with Crippen LogP contribution >= 0.6 is 0 Å². The van der Waals surface area contributed by atoms with E-state index in [2.05, 4.69) is 63.4 Å². The lowest BCUT2D eigenvalue weighted by molar-refractivity contribution is 0.213. The standard InChI is InChI=1S/C23H25N3O/c1-2-4-17(5-3-1)6-8-20-14-26(15-21-23(20)25-16-24-21)13-18-7-9-22-19(12-18)10-11-27-22/h1-5,7,9,12,16,20H,6,8,10-11,13-15H2,(H,24,25). The van der Waals surface area contributed by atoms with Crippen LogP contribution in [0.4, 0.5) is 0 Å². The number of aryl methyl sites for hydroxylation is 1. The van der Waals surface area contributed by atoms with Crippen molar-refractivity contribution in [1.29, 1.82) is 0 Å². The molecule has 0 fully saturated rings. The first-order valence-electron chi connectivity index (χ1n) is 9.88. The van der Waals surface area contributed by atoms with Gasteiger partial charge < -0.3 is 9.72 Å². The first-order valence-corrected chi connectivity index (χ1v) is 9.88. The predicted molar refractivity (Wildman–Crippen MR) is 106 cm³/mol. The van der Waals surface area contributed by atoms with E-state index >= 15 is 0 Å². The van der Waals surface area contributed by atoms with E-state index in [4.69, 9.17) is 4.74 Å². The maximum atomic E-state index is 5.64. The van der Waals surface area contributed by atoms with Crippen molar-refractivity contribution in [1.82, 2.24) is 14.9 Å². The Bertz CT molecular complexity index is 918. The molecule has 0 aliphatic carbocycles. The van der Waals surface area contributed by atoms with E-state index in [1.54, 1.807) is 0 Å². The zero-order chi connectivity index (χ0) is 18.1. The van der Waals surface area contributed by atoms with Crippen LogP contribution in [0.5, 0.6) is 5.75 Å². The lowest BCUT2D eigenvalue weighted by atomic mass is 9.91. The summed E-state index contributed by atoms with van der Waals surface area (Å²) in [6.07, 6.45) is 5.13. The van der Waals surface area contributed by atoms with Crippen LogP contribution in [-0.2, 0) is 25.9 Å². The number of fused-ring (bicyclic) bond motifs is 2. The van der Waals surface area contributed by atoms with Crippen LogP contribution in [0.3, 0.4) is 0 Å². The van der Waals surface area contributed by atoms with Gasteiger partial charge in [-0.05, 0) is 35.6 Å². The van der Waals surface area contributed by atoms with E-state index in [9.17, 15) is 0 Å². The number of hydrogen-bond donors (Lipinski definition) is 1. The van der Waals surface area contributed by atoms with E-state index in [0.29, 0.717) is 5.92 Å². The molecule has 27 heavy (non-hydrogen) atoms. The second-order valence-electron chi connectivity index (χ2n) is 7.70. The van der Waals surface area contributed by atoms with Gasteiger partial charge in [0.25, 0.3) is 0 Å². The van der Waals surface area contributed by atoms with Crippen molar-refractivity contribution < 1.29 is 4.74 Å². The van der Waals surface area contributed by atoms with Gasteiger partial charge in [-0.1, -0.05) is 42.5 Å². The first kappa shape index (κ1) is 16.6. The zero-order valence-electron chi connectivity index (χ0n) is 15.5. The lowest BCUT2D eigenvalue weighted by Crippen LogP contribution is -2.33. The lowest BCUT2D eigenvalue weighted by Gasteiger charge is -2.32. The highest BCUT2D eigenvalue weighted by molar-refractivity contribution is 5.40. The predicted octanol–water partition coefficient (Wildman–Crippen LogP) is 4.08. The third-order valence-corrected chi connectivity index (χ3v) is 5.78. The largest absolute Gasteiger partial charge is 0.493 e. The maximum absolute atomic E-state index is 5.64. The molecule has 3 aromatic rings. The van der Waals surface area contributed by atoms with E-state index in [1.807, 2.05) is 6.33 Å². The van der Waals surface area contributed by atoms with E-state index in [-0.39, 0.29) is 0 Å². The summed E-state index contributed by atoms with van der Waals surface area (Å²) < 4.78 is 5.64. The van der Waals surface area contributed by atoms with Crippen molar-refractivity contribution >= 4 is 0 Å². The van der Waals surface area contributed by atoms with Gasteiger partial charge >= 0.3 is 0 Å². The number of ether oxygens (including phenoxy) is 1. The molecule has 2 aromatic carbocycles. The molecule has 1 atom stereocenters. The molecule has 2 aliphatic rings. The van der Waals surface area contributed by atoms with Crippen molar-refractivity contribution in [3.8, 4) is 5.75 Å². The fraction of sp³-hybridized carbons (Fsp3) is 0.348. The molecule has 1 N–H and O–H groups in total. The Balaban J connectivity index is 1.30. The Morgan fingerprint density at radius 2 is 2.04 bits per heavy atom. The summed E-state index contributed by atoms with van der Waals surface area (Å²) in [5.41, 5.74) is 6.69. The number of hydrogen-bond acceptors (Lipinski definition) is 3. The molecule has 2 aliphatic heterocycles. The summed E-state index contributed by atoms with van der Waals surface area (Å²) in [5.74, 6) is 1.55. The number of aromatic amines is 1. The average molecular weight is 359 g/mol. The van der Waals surface area contributed by atoms with Crippen molar-refractivity contribution in [3.05, 3.63) is 82.9 Å². The summed E-state index contributed by atoms with van der Waals surface area (Å²) in [7, 11) is 0. The van der Waals surface area contributed by atoms with Gasteiger partial charge in [0, 0.05) is 32.0 Å². The van der Waals surface area contributed by atoms with Crippen LogP contribution in [0.15, 0.2) is 54.9 Å². The second kappa shape index (κ2) is 7.20. The summed E-state index contributed by atoms with van der Waals surface area (Å²) in [6, 6.07) is 17.4. The van der Waals surface area contributed by atoms with Gasteiger partial charge in [-0.2, -0.15) is 0 Å². The molecule has 0 saturated heterocycles. The zero-order valence-corrected chi connectivity index (χ0v) is 15.5. The molecule has 4 heteroatoms. The van der Waals surface area contributed by atoms with Crippen LogP contribution in [-0.4, -0.2) is 28.0 Å². The molecule has 138 valence electrons. The van der Waals surface area contributed by atoms with Crippen LogP contribution in [0.2, 0.25) is 0 Å². The summed E-state index contributed by atoms with van der Waals surface area (Å²) in [4.78, 5) is 10.6. The minimum atomic E-state index is 0.484. The average Bonchev–Trinajstić information content (AvgIpc) is 3.35. The summed E-state index contributed by atoms with van der Waals surface area (Å²) >= 11 is 0. The van der Waals surface area contributed by atoms with Gasteiger partial charge in [-0.25, -0.2) is 4.98 Å². The Morgan fingerprint density at radius 1 is 1.11 bits per heavy atom. The van der Waals surface area contributed by atoms with Crippen molar-refractivity contribution in [3.63, 3.8) is 0 Å². The van der Waals surface area contributed by atoms with Crippen molar-refractivity contribution in [2.75, 3.05) is 13.2 Å². The highest BCUT2D eigenvalue weighted by Gasteiger charge is 2.27. The number of rotatable bonds is 5. The van der Waals surface area contributed by atoms with Gasteiger partial charge in [-0.3, -0.25) is 4.90 Å². The Labute approximate surface area is 160 Å². The van der Waals surface area contributed by atoms with Gasteiger partial charge in [0.05, 0.1) is 24.3 Å². The Kier molecular flexibility index (Phi) is 4.42. The highest BCUT2D eigenvalue weighted by Crippen LogP contribution is 2.31. The smallest absolute Gasteiger partial charge is 0.122 e. The Morgan fingerprint density at radius 3 is 2.96 bits per heavy atom. The fourth-order valence-electron chi connectivity index (χ4n) is 4.43. The number of aromatic nitrogens is 2. The summed E-state index contributed by atoms with van der Waals surface area (Å²) in [5, 5.41) is 0. The quantitative estimate of drug-likeness (QED) is 0.746. The number of nitrogens with one attached hydrogen (secondary N) is 1. The normalized spacial score (nSPS) is 18.7. The third kappa shape index (κ3) is 3.50. The molecular formula is C23H25N3O. The molecule has 0 radical (unpaired) electrons. The third-order valence-electron chi connectivity index (χ3n) is 5.78. The van der Waals surface area contributed by atoms with Gasteiger partial charge in [0.2, 0.25) is 0 Å². The number of benzene rings is 2. The van der Waals surface area contributed by atoms with E-state index < -0.39 is 0 Å². The van der Waals surface area contributed by atoms with Crippen molar-refractivity contribution in [2.24, 2.45) is 0 Å². The van der Waals surface area contributed by atoms with Crippen LogP contribution in [0.25, 0.3) is 0 Å². The van der Waals surface area contributed by atoms with Crippen LogP contribution in [0, 0.1) is 0 Å². The molecule has 0 amide bonds. The van der Waals surface area contributed by atoms with Crippen molar-refractivity contribution in [2.45, 2.75) is 38.3 Å². The van der Waals surface area contributed by atoms with Crippen LogP contribution in [0.1, 0.15) is 40.4 Å². The van der Waals surface area contributed by atoms with Crippen LogP contribution < -0.4 is 4.74 Å². The second-order valence-corrected chi connectivity index (χ2v) is 7.70. The molecule has 0 bridgehead atoms. The van der Waals surface area contributed by atoms with Gasteiger partial charge in [0.15, 0.2) is 0 Å². The minimum Gasteiger partial charge on any atom is -0.493 e. The van der Waals surface area contributed by atoms with Gasteiger partial charge in [0.1, 0.15) is 5.75 Å². The van der Waals surface area contributed by atoms with Gasteiger partial charge in [-0.15, -0.1) is 0 Å². The molecule has 5 rings (SSSR count). The molecule has 4 nitrogen and oxygen atoms in total. The first-order chi connectivity index (χ1) is 13.3. The summed E-state index contributed by atoms with van der Waals surface area (Å²) in [6.45, 7) is 3.82. The number of H-pyrrole nitrogens is 1. The molecule has 1 aromatic heterocycles. The molecule has 0 spiro atoms. The topological polar surface area (TPSA) is 41.1 Å². The fourth-order valence-corrected chi connectivity index (χ4v) is 4.43. The SMILES string of the molecule is c1ccc(CCC2CN(Cc3ccc4c(c3)CCO4)Cc3[nH]cnc32)cc1. The minimum absolute atomic E-state index is 0.484. The van der Waals surface area contributed by atoms with E-state index in [1.165, 1.54) is 28.1 Å². The molecular weight excluding hydrogens is 334 g/mol. The van der Waals surface area contributed by atoms with E-state index in [0.717, 1.165) is 51.3 Å². The number of imidazole rings is 1. The molecule has 1 unspecified atom stereocenters.